The number of nitrogens with two attached hydrogens (primary N) is 1. The SMILES string of the molecule is CCCN(CC(=O)OCC)C(=O)c1cc(N)c[nH]1. The van der Waals surface area contributed by atoms with Crippen LogP contribution in [-0.2, 0) is 9.53 Å². The van der Waals surface area contributed by atoms with E-state index in [1.807, 2.05) is 6.92 Å². The first kappa shape index (κ1) is 14.1. The fourth-order valence-electron chi connectivity index (χ4n) is 1.59. The lowest BCUT2D eigenvalue weighted by atomic mass is 10.3. The van der Waals surface area contributed by atoms with Crippen molar-refractivity contribution in [3.05, 3.63) is 18.0 Å². The summed E-state index contributed by atoms with van der Waals surface area (Å²) < 4.78 is 4.84. The number of carbonyl (C=O) groups is 2. The molecular formula is C12H19N3O3. The maximum absolute atomic E-state index is 12.1. The molecule has 6 nitrogen and oxygen atoms in total. The van der Waals surface area contributed by atoms with Gasteiger partial charge in [-0.25, -0.2) is 0 Å². The number of nitrogen functional groups attached to an aromatic ring is 1. The molecule has 0 aliphatic heterocycles. The molecule has 1 aromatic heterocycles. The summed E-state index contributed by atoms with van der Waals surface area (Å²) in [5.41, 5.74) is 6.42. The third-order valence-corrected chi connectivity index (χ3v) is 2.34. The average Bonchev–Trinajstić information content (AvgIpc) is 2.75. The van der Waals surface area contributed by atoms with Gasteiger partial charge in [0.25, 0.3) is 5.91 Å². The lowest BCUT2D eigenvalue weighted by Crippen LogP contribution is -2.37. The van der Waals surface area contributed by atoms with E-state index in [-0.39, 0.29) is 12.5 Å². The number of nitrogens with zero attached hydrogens (tertiary/aromatic N) is 1. The highest BCUT2D eigenvalue weighted by Crippen LogP contribution is 2.08. The molecule has 18 heavy (non-hydrogen) atoms. The van der Waals surface area contributed by atoms with E-state index in [1.54, 1.807) is 19.2 Å². The molecule has 1 aromatic rings. The molecule has 0 spiro atoms. The molecule has 0 fully saturated rings. The Morgan fingerprint density at radius 2 is 2.17 bits per heavy atom. The van der Waals surface area contributed by atoms with Crippen molar-refractivity contribution in [2.24, 2.45) is 0 Å². The van der Waals surface area contributed by atoms with Gasteiger partial charge in [0.1, 0.15) is 12.2 Å². The number of aromatic amines is 1. The van der Waals surface area contributed by atoms with E-state index in [4.69, 9.17) is 10.5 Å². The predicted molar refractivity (Wildman–Crippen MR) is 68.0 cm³/mol. The fraction of sp³-hybridized carbons (Fsp3) is 0.500. The van der Waals surface area contributed by atoms with Crippen LogP contribution < -0.4 is 5.73 Å². The van der Waals surface area contributed by atoms with E-state index in [9.17, 15) is 9.59 Å². The Morgan fingerprint density at radius 1 is 1.44 bits per heavy atom. The van der Waals surface area contributed by atoms with Crippen LogP contribution in [0, 0.1) is 0 Å². The quantitative estimate of drug-likeness (QED) is 0.741. The molecule has 100 valence electrons. The first-order valence-corrected chi connectivity index (χ1v) is 5.97. The molecule has 0 aromatic carbocycles. The fourth-order valence-corrected chi connectivity index (χ4v) is 1.59. The zero-order valence-electron chi connectivity index (χ0n) is 10.7. The highest BCUT2D eigenvalue weighted by molar-refractivity contribution is 5.95. The van der Waals surface area contributed by atoms with Gasteiger partial charge >= 0.3 is 5.97 Å². The Labute approximate surface area is 106 Å². The van der Waals surface area contributed by atoms with Crippen LogP contribution in [0.15, 0.2) is 12.3 Å². The van der Waals surface area contributed by atoms with Crippen LogP contribution >= 0.6 is 0 Å². The number of esters is 1. The summed E-state index contributed by atoms with van der Waals surface area (Å²) in [4.78, 5) is 27.8. The van der Waals surface area contributed by atoms with Gasteiger partial charge in [0.15, 0.2) is 0 Å². The van der Waals surface area contributed by atoms with Crippen LogP contribution in [0.2, 0.25) is 0 Å². The predicted octanol–water partition coefficient (Wildman–Crippen LogP) is 1.01. The first-order valence-electron chi connectivity index (χ1n) is 5.97. The second-order valence-electron chi connectivity index (χ2n) is 3.88. The third-order valence-electron chi connectivity index (χ3n) is 2.34. The highest BCUT2D eigenvalue weighted by Gasteiger charge is 2.19. The van der Waals surface area contributed by atoms with Crippen LogP contribution in [0.1, 0.15) is 30.8 Å². The second kappa shape index (κ2) is 6.68. The van der Waals surface area contributed by atoms with Gasteiger partial charge in [-0.3, -0.25) is 9.59 Å². The monoisotopic (exact) mass is 253 g/mol. The number of amides is 1. The van der Waals surface area contributed by atoms with Gasteiger partial charge in [-0.2, -0.15) is 0 Å². The van der Waals surface area contributed by atoms with Crippen LogP contribution in [0.3, 0.4) is 0 Å². The van der Waals surface area contributed by atoms with Crippen LogP contribution in [0.4, 0.5) is 5.69 Å². The van der Waals surface area contributed by atoms with Crippen molar-refractivity contribution in [1.29, 1.82) is 0 Å². The number of rotatable bonds is 6. The number of hydrogen-bond donors (Lipinski definition) is 2. The van der Waals surface area contributed by atoms with E-state index >= 15 is 0 Å². The van der Waals surface area contributed by atoms with Crippen molar-refractivity contribution in [1.82, 2.24) is 9.88 Å². The van der Waals surface area contributed by atoms with Gasteiger partial charge in [0.05, 0.1) is 6.61 Å². The van der Waals surface area contributed by atoms with Gasteiger partial charge < -0.3 is 20.4 Å². The third kappa shape index (κ3) is 3.80. The van der Waals surface area contributed by atoms with Gasteiger partial charge in [0, 0.05) is 18.4 Å². The van der Waals surface area contributed by atoms with Crippen molar-refractivity contribution in [2.45, 2.75) is 20.3 Å². The van der Waals surface area contributed by atoms with Crippen molar-refractivity contribution in [3.8, 4) is 0 Å². The largest absolute Gasteiger partial charge is 0.465 e. The minimum Gasteiger partial charge on any atom is -0.465 e. The molecule has 0 unspecified atom stereocenters. The molecule has 3 N–H and O–H groups in total. The maximum Gasteiger partial charge on any atom is 0.325 e. The van der Waals surface area contributed by atoms with Crippen LogP contribution in [0.5, 0.6) is 0 Å². The standard InChI is InChI=1S/C12H19N3O3/c1-3-5-15(8-11(16)18-4-2)12(17)10-6-9(13)7-14-10/h6-7,14H,3-5,8,13H2,1-2H3. The minimum absolute atomic E-state index is 0.0422. The lowest BCUT2D eigenvalue weighted by molar-refractivity contribution is -0.143. The molecule has 6 heteroatoms. The Kier molecular flexibility index (Phi) is 5.23. The van der Waals surface area contributed by atoms with Crippen molar-refractivity contribution in [2.75, 3.05) is 25.4 Å². The van der Waals surface area contributed by atoms with Gasteiger partial charge in [-0.1, -0.05) is 6.92 Å². The molecule has 0 radical (unpaired) electrons. The molecule has 0 aliphatic carbocycles. The smallest absolute Gasteiger partial charge is 0.325 e. The van der Waals surface area contributed by atoms with Crippen molar-refractivity contribution >= 4 is 17.6 Å². The first-order chi connectivity index (χ1) is 8.58. The molecule has 0 atom stereocenters. The molecule has 0 saturated heterocycles. The zero-order valence-corrected chi connectivity index (χ0v) is 10.7. The number of anilines is 1. The highest BCUT2D eigenvalue weighted by atomic mass is 16.5. The summed E-state index contributed by atoms with van der Waals surface area (Å²) in [6.07, 6.45) is 2.31. The summed E-state index contributed by atoms with van der Waals surface area (Å²) in [5.74, 6) is -0.652. The van der Waals surface area contributed by atoms with Crippen LogP contribution in [0.25, 0.3) is 0 Å². The second-order valence-corrected chi connectivity index (χ2v) is 3.88. The topological polar surface area (TPSA) is 88.4 Å². The number of H-pyrrole nitrogens is 1. The molecule has 0 bridgehead atoms. The summed E-state index contributed by atoms with van der Waals surface area (Å²) >= 11 is 0. The minimum atomic E-state index is -0.404. The van der Waals surface area contributed by atoms with E-state index < -0.39 is 5.97 Å². The molecule has 1 amide bonds. The molecule has 1 heterocycles. The van der Waals surface area contributed by atoms with E-state index in [2.05, 4.69) is 4.98 Å². The average molecular weight is 253 g/mol. The number of hydrogen-bond acceptors (Lipinski definition) is 4. The van der Waals surface area contributed by atoms with Gasteiger partial charge in [0.2, 0.25) is 0 Å². The summed E-state index contributed by atoms with van der Waals surface area (Å²) in [6.45, 7) is 4.43. The van der Waals surface area contributed by atoms with E-state index in [0.717, 1.165) is 6.42 Å². The van der Waals surface area contributed by atoms with Crippen molar-refractivity contribution in [3.63, 3.8) is 0 Å². The van der Waals surface area contributed by atoms with E-state index in [1.165, 1.54) is 4.90 Å². The Hall–Kier alpha value is -1.98. The van der Waals surface area contributed by atoms with Gasteiger partial charge in [-0.05, 0) is 19.4 Å². The maximum atomic E-state index is 12.1. The van der Waals surface area contributed by atoms with Gasteiger partial charge in [-0.15, -0.1) is 0 Å². The zero-order chi connectivity index (χ0) is 13.5. The summed E-state index contributed by atoms with van der Waals surface area (Å²) in [7, 11) is 0. The Bertz CT molecular complexity index is 414. The molecular weight excluding hydrogens is 234 g/mol. The number of carbonyl (C=O) groups excluding carboxylic acids is 2. The molecule has 0 aliphatic rings. The summed E-state index contributed by atoms with van der Waals surface area (Å²) in [6, 6.07) is 1.55. The Balaban J connectivity index is 2.71. The normalized spacial score (nSPS) is 10.1. The lowest BCUT2D eigenvalue weighted by Gasteiger charge is -2.20. The molecule has 0 saturated carbocycles. The number of nitrogens with one attached hydrogen (secondary N) is 1. The van der Waals surface area contributed by atoms with Crippen molar-refractivity contribution < 1.29 is 14.3 Å². The molecule has 1 rings (SSSR count). The number of aromatic nitrogens is 1. The Morgan fingerprint density at radius 3 is 2.67 bits per heavy atom. The number of ether oxygens (including phenoxy) is 1. The van der Waals surface area contributed by atoms with Crippen LogP contribution in [-0.4, -0.2) is 41.5 Å². The van der Waals surface area contributed by atoms with E-state index in [0.29, 0.717) is 24.5 Å². The summed E-state index contributed by atoms with van der Waals surface area (Å²) in [5, 5.41) is 0.